The van der Waals surface area contributed by atoms with Crippen molar-refractivity contribution in [2.45, 2.75) is 6.10 Å². The van der Waals surface area contributed by atoms with Gasteiger partial charge in [0.25, 0.3) is 0 Å². The van der Waals surface area contributed by atoms with Crippen LogP contribution >= 0.6 is 12.4 Å². The number of phenols is 1. The molecule has 3 nitrogen and oxygen atoms in total. The maximum Gasteiger partial charge on any atom is 0.115 e. The fourth-order valence-corrected chi connectivity index (χ4v) is 0.947. The van der Waals surface area contributed by atoms with E-state index in [-0.39, 0.29) is 24.7 Å². The fraction of sp³-hybridized carbons (Fsp3) is 0.333. The third kappa shape index (κ3) is 3.63. The molecule has 0 aromatic heterocycles. The van der Waals surface area contributed by atoms with Crippen LogP contribution in [0.5, 0.6) is 5.75 Å². The summed E-state index contributed by atoms with van der Waals surface area (Å²) < 4.78 is 20.7. The Kier molecular flexibility index (Phi) is 3.40. The number of nitrogens with one attached hydrogen (secondary N) is 1. The first-order valence-electron chi connectivity index (χ1n) is 5.10. The molecule has 0 amide bonds. The molecule has 0 bridgehead atoms. The molecule has 0 saturated carbocycles. The van der Waals surface area contributed by atoms with Crippen molar-refractivity contribution < 1.29 is 14.3 Å². The molecule has 3 N–H and O–H groups in total. The zero-order chi connectivity index (χ0) is 11.5. The summed E-state index contributed by atoms with van der Waals surface area (Å²) in [6.45, 7) is -2.35. The number of benzene rings is 1. The molecule has 74 valence electrons. The van der Waals surface area contributed by atoms with E-state index in [0.29, 0.717) is 5.56 Å². The van der Waals surface area contributed by atoms with Crippen molar-refractivity contribution in [2.24, 2.45) is 0 Å². The number of aromatic hydroxyl groups is 1. The van der Waals surface area contributed by atoms with Crippen LogP contribution in [-0.4, -0.2) is 23.7 Å². The Balaban J connectivity index is 0.00000225. The number of phenolic OH excluding ortho intramolecular Hbond substituents is 1. The molecule has 13 heavy (non-hydrogen) atoms. The van der Waals surface area contributed by atoms with Crippen LogP contribution in [0, 0.1) is 0 Å². The van der Waals surface area contributed by atoms with Gasteiger partial charge in [-0.15, -0.1) is 12.4 Å². The van der Waals surface area contributed by atoms with Gasteiger partial charge in [-0.1, -0.05) is 12.1 Å². The third-order valence-corrected chi connectivity index (χ3v) is 1.55. The van der Waals surface area contributed by atoms with Crippen molar-refractivity contribution in [1.29, 1.82) is 0 Å². The van der Waals surface area contributed by atoms with Gasteiger partial charge in [-0.2, -0.15) is 0 Å². The highest BCUT2D eigenvalue weighted by molar-refractivity contribution is 5.85. The van der Waals surface area contributed by atoms with Crippen LogP contribution in [0.4, 0.5) is 0 Å². The second kappa shape index (κ2) is 5.80. The molecule has 0 aliphatic carbocycles. The lowest BCUT2D eigenvalue weighted by Crippen LogP contribution is -2.16. The quantitative estimate of drug-likeness (QED) is 0.694. The molecule has 1 aromatic carbocycles. The van der Waals surface area contributed by atoms with E-state index in [0.717, 1.165) is 0 Å². The van der Waals surface area contributed by atoms with Crippen LogP contribution in [0.2, 0.25) is 0 Å². The number of rotatable bonds is 3. The Morgan fingerprint density at radius 1 is 1.62 bits per heavy atom. The molecule has 0 fully saturated rings. The van der Waals surface area contributed by atoms with E-state index in [2.05, 4.69) is 5.32 Å². The molecule has 1 rings (SSSR count). The molecule has 1 aromatic rings. The number of aliphatic hydroxyl groups is 1. The van der Waals surface area contributed by atoms with Crippen molar-refractivity contribution in [3.8, 4) is 5.75 Å². The van der Waals surface area contributed by atoms with Crippen molar-refractivity contribution in [3.05, 3.63) is 29.8 Å². The van der Waals surface area contributed by atoms with E-state index in [9.17, 15) is 5.11 Å². The van der Waals surface area contributed by atoms with E-state index in [1.54, 1.807) is 12.1 Å². The Hall–Kier alpha value is -0.770. The second-order valence-corrected chi connectivity index (χ2v) is 2.49. The summed E-state index contributed by atoms with van der Waals surface area (Å²) in [6.07, 6.45) is -0.947. The van der Waals surface area contributed by atoms with Crippen LogP contribution in [0.1, 0.15) is 15.8 Å². The van der Waals surface area contributed by atoms with E-state index in [1.165, 1.54) is 12.1 Å². The first-order valence-corrected chi connectivity index (χ1v) is 3.60. The highest BCUT2D eigenvalue weighted by atomic mass is 35.5. The Morgan fingerprint density at radius 2 is 2.38 bits per heavy atom. The maximum absolute atomic E-state index is 9.58. The first-order chi connectivity index (χ1) is 6.88. The highest BCUT2D eigenvalue weighted by Crippen LogP contribution is 2.17. The minimum atomic E-state index is -2.27. The van der Waals surface area contributed by atoms with Crippen molar-refractivity contribution in [1.82, 2.24) is 5.32 Å². The highest BCUT2D eigenvalue weighted by Gasteiger charge is 2.05. The Labute approximate surface area is 88.0 Å². The minimum absolute atomic E-state index is 0. The molecule has 4 heteroatoms. The smallest absolute Gasteiger partial charge is 0.115 e. The normalized spacial score (nSPS) is 16.2. The molecule has 0 heterocycles. The Morgan fingerprint density at radius 3 is 3.00 bits per heavy atom. The van der Waals surface area contributed by atoms with Gasteiger partial charge in [-0.3, -0.25) is 0 Å². The number of aliphatic hydroxyl groups excluding tert-OH is 1. The summed E-state index contributed by atoms with van der Waals surface area (Å²) in [6, 6.07) is 6.08. The average Bonchev–Trinajstić information content (AvgIpc) is 2.13. The minimum Gasteiger partial charge on any atom is -0.508 e. The van der Waals surface area contributed by atoms with Crippen molar-refractivity contribution in [2.75, 3.05) is 13.5 Å². The summed E-state index contributed by atoms with van der Waals surface area (Å²) in [5.74, 6) is 0.0421. The lowest BCUT2D eigenvalue weighted by molar-refractivity contribution is 0.177. The standard InChI is InChI=1S/C9H13NO2.ClH/c1-10-6-9(12)7-3-2-4-8(11)5-7;/h2-5,9-12H,6H2,1H3;1H/t9-;/m1./s1/i1D3;. The summed E-state index contributed by atoms with van der Waals surface area (Å²) >= 11 is 0. The number of hydrogen-bond acceptors (Lipinski definition) is 3. The SMILES string of the molecule is Cl.[2H]C([2H])([2H])NC[C@@H](O)c1cccc(O)c1. The zero-order valence-corrected chi connectivity index (χ0v) is 7.71. The lowest BCUT2D eigenvalue weighted by atomic mass is 10.1. The van der Waals surface area contributed by atoms with Gasteiger partial charge in [0.05, 0.1) is 6.10 Å². The van der Waals surface area contributed by atoms with Gasteiger partial charge in [0, 0.05) is 10.7 Å². The maximum atomic E-state index is 9.58. The van der Waals surface area contributed by atoms with Gasteiger partial charge in [-0.05, 0) is 24.7 Å². The van der Waals surface area contributed by atoms with Gasteiger partial charge in [0.15, 0.2) is 0 Å². The van der Waals surface area contributed by atoms with Gasteiger partial charge >= 0.3 is 0 Å². The fourth-order valence-electron chi connectivity index (χ4n) is 0.947. The summed E-state index contributed by atoms with van der Waals surface area (Å²) in [5, 5.41) is 20.9. The molecule has 0 unspecified atom stereocenters. The molecule has 0 saturated heterocycles. The van der Waals surface area contributed by atoms with Crippen molar-refractivity contribution in [3.63, 3.8) is 0 Å². The molecular formula is C9H14ClNO2. The number of halogens is 1. The third-order valence-electron chi connectivity index (χ3n) is 1.55. The van der Waals surface area contributed by atoms with Crippen LogP contribution < -0.4 is 5.32 Å². The number of likely N-dealkylation sites (N-methyl/N-ethyl adjacent to an activating group) is 1. The second-order valence-electron chi connectivity index (χ2n) is 2.49. The van der Waals surface area contributed by atoms with Crippen LogP contribution in [0.3, 0.4) is 0 Å². The average molecular weight is 207 g/mol. The van der Waals surface area contributed by atoms with E-state index >= 15 is 0 Å². The van der Waals surface area contributed by atoms with Gasteiger partial charge in [0.2, 0.25) is 0 Å². The van der Waals surface area contributed by atoms with Gasteiger partial charge in [-0.25, -0.2) is 0 Å². The molecule has 1 atom stereocenters. The summed E-state index contributed by atoms with van der Waals surface area (Å²) in [4.78, 5) is 0. The topological polar surface area (TPSA) is 52.5 Å². The van der Waals surface area contributed by atoms with Crippen LogP contribution in [-0.2, 0) is 0 Å². The van der Waals surface area contributed by atoms with Crippen LogP contribution in [0.25, 0.3) is 0 Å². The molecular weight excluding hydrogens is 190 g/mol. The predicted octanol–water partition coefficient (Wildman–Crippen LogP) is 1.07. The van der Waals surface area contributed by atoms with E-state index in [1.807, 2.05) is 0 Å². The molecule has 0 radical (unpaired) electrons. The van der Waals surface area contributed by atoms with Gasteiger partial charge < -0.3 is 15.5 Å². The largest absolute Gasteiger partial charge is 0.508 e. The van der Waals surface area contributed by atoms with Crippen molar-refractivity contribution >= 4 is 12.4 Å². The Bertz CT molecular complexity index is 333. The number of hydrogen-bond donors (Lipinski definition) is 3. The summed E-state index contributed by atoms with van der Waals surface area (Å²) in [7, 11) is 0. The molecule has 0 aliphatic heterocycles. The predicted molar refractivity (Wildman–Crippen MR) is 54.2 cm³/mol. The van der Waals surface area contributed by atoms with Gasteiger partial charge in [0.1, 0.15) is 5.75 Å². The summed E-state index contributed by atoms with van der Waals surface area (Å²) in [5.41, 5.74) is 0.478. The first kappa shape index (κ1) is 7.62. The van der Waals surface area contributed by atoms with Crippen LogP contribution in [0.15, 0.2) is 24.3 Å². The zero-order valence-electron chi connectivity index (χ0n) is 9.90. The lowest BCUT2D eigenvalue weighted by Gasteiger charge is -2.09. The van der Waals surface area contributed by atoms with E-state index < -0.39 is 13.1 Å². The molecule has 0 aliphatic rings. The molecule has 0 spiro atoms. The monoisotopic (exact) mass is 206 g/mol. The van der Waals surface area contributed by atoms with E-state index in [4.69, 9.17) is 9.22 Å².